The van der Waals surface area contributed by atoms with E-state index < -0.39 is 5.54 Å². The van der Waals surface area contributed by atoms with Gasteiger partial charge < -0.3 is 10.8 Å². The van der Waals surface area contributed by atoms with Gasteiger partial charge in [0.05, 0.1) is 12.1 Å². The van der Waals surface area contributed by atoms with Crippen LogP contribution in [-0.4, -0.2) is 34.7 Å². The van der Waals surface area contributed by atoms with Gasteiger partial charge in [0, 0.05) is 12.6 Å². The van der Waals surface area contributed by atoms with Gasteiger partial charge in [0.1, 0.15) is 0 Å². The molecule has 2 atom stereocenters. The molecule has 1 heterocycles. The summed E-state index contributed by atoms with van der Waals surface area (Å²) in [4.78, 5) is 2.43. The highest BCUT2D eigenvalue weighted by Gasteiger charge is 2.35. The molecule has 3 N–H and O–H groups in total. The van der Waals surface area contributed by atoms with Crippen molar-refractivity contribution in [2.24, 2.45) is 5.73 Å². The Kier molecular flexibility index (Phi) is 4.38. The maximum absolute atomic E-state index is 9.48. The quantitative estimate of drug-likeness (QED) is 0.853. The zero-order valence-corrected chi connectivity index (χ0v) is 11.2. The summed E-state index contributed by atoms with van der Waals surface area (Å²) >= 11 is 0. The number of rotatable bonds is 4. The SMILES string of the molecule is CC(N)(CO)C1CCCCN1Cc1ccccc1. The third-order valence-electron chi connectivity index (χ3n) is 3.94. The van der Waals surface area contributed by atoms with Gasteiger partial charge in [-0.15, -0.1) is 0 Å². The lowest BCUT2D eigenvalue weighted by molar-refractivity contribution is 0.0501. The molecular weight excluding hydrogens is 224 g/mol. The first-order chi connectivity index (χ1) is 8.63. The molecule has 18 heavy (non-hydrogen) atoms. The lowest BCUT2D eigenvalue weighted by atomic mass is 9.86. The summed E-state index contributed by atoms with van der Waals surface area (Å²) in [5.41, 5.74) is 7.06. The van der Waals surface area contributed by atoms with Crippen LogP contribution in [0.4, 0.5) is 0 Å². The highest BCUT2D eigenvalue weighted by Crippen LogP contribution is 2.26. The number of nitrogens with two attached hydrogens (primary N) is 1. The first-order valence-electron chi connectivity index (χ1n) is 6.81. The van der Waals surface area contributed by atoms with Gasteiger partial charge in [0.2, 0.25) is 0 Å². The van der Waals surface area contributed by atoms with E-state index in [9.17, 15) is 5.11 Å². The van der Waals surface area contributed by atoms with Gasteiger partial charge in [0.25, 0.3) is 0 Å². The Hall–Kier alpha value is -0.900. The Morgan fingerprint density at radius 2 is 2.06 bits per heavy atom. The minimum atomic E-state index is -0.505. The molecule has 0 aromatic heterocycles. The third-order valence-corrected chi connectivity index (χ3v) is 3.94. The van der Waals surface area contributed by atoms with Crippen LogP contribution in [0, 0.1) is 0 Å². The summed E-state index contributed by atoms with van der Waals surface area (Å²) < 4.78 is 0. The number of hydrogen-bond donors (Lipinski definition) is 2. The molecule has 1 aliphatic rings. The maximum atomic E-state index is 9.48. The second kappa shape index (κ2) is 5.83. The van der Waals surface area contributed by atoms with E-state index in [0.717, 1.165) is 19.5 Å². The van der Waals surface area contributed by atoms with Gasteiger partial charge in [-0.05, 0) is 31.9 Å². The zero-order valence-electron chi connectivity index (χ0n) is 11.2. The van der Waals surface area contributed by atoms with Gasteiger partial charge in [-0.3, -0.25) is 4.90 Å². The van der Waals surface area contributed by atoms with Crippen molar-refractivity contribution in [2.75, 3.05) is 13.2 Å². The maximum Gasteiger partial charge on any atom is 0.0623 e. The first kappa shape index (κ1) is 13.5. The molecular formula is C15H24N2O. The molecule has 3 heteroatoms. The Morgan fingerprint density at radius 1 is 1.33 bits per heavy atom. The molecule has 3 nitrogen and oxygen atoms in total. The van der Waals surface area contributed by atoms with Crippen molar-refractivity contribution in [2.45, 2.75) is 44.3 Å². The zero-order chi connectivity index (χ0) is 13.0. The van der Waals surface area contributed by atoms with Gasteiger partial charge in [0.15, 0.2) is 0 Å². The Balaban J connectivity index is 2.09. The molecule has 1 aromatic carbocycles. The summed E-state index contributed by atoms with van der Waals surface area (Å²) in [7, 11) is 0. The molecule has 100 valence electrons. The second-order valence-electron chi connectivity index (χ2n) is 5.63. The van der Waals surface area contributed by atoms with Crippen molar-refractivity contribution in [3.05, 3.63) is 35.9 Å². The summed E-state index contributed by atoms with van der Waals surface area (Å²) in [6.45, 7) is 4.01. The van der Waals surface area contributed by atoms with E-state index in [1.807, 2.05) is 13.0 Å². The largest absolute Gasteiger partial charge is 0.394 e. The predicted octanol–water partition coefficient (Wildman–Crippen LogP) is 1.75. The van der Waals surface area contributed by atoms with E-state index in [4.69, 9.17) is 5.73 Å². The minimum Gasteiger partial charge on any atom is -0.394 e. The normalized spacial score (nSPS) is 24.7. The molecule has 0 radical (unpaired) electrons. The lowest BCUT2D eigenvalue weighted by Gasteiger charge is -2.44. The number of hydrogen-bond acceptors (Lipinski definition) is 3. The number of benzene rings is 1. The van der Waals surface area contributed by atoms with Gasteiger partial charge >= 0.3 is 0 Å². The average molecular weight is 248 g/mol. The van der Waals surface area contributed by atoms with E-state index in [2.05, 4.69) is 29.2 Å². The van der Waals surface area contributed by atoms with Crippen molar-refractivity contribution < 1.29 is 5.11 Å². The highest BCUT2D eigenvalue weighted by molar-refractivity contribution is 5.15. The van der Waals surface area contributed by atoms with Crippen LogP contribution >= 0.6 is 0 Å². The van der Waals surface area contributed by atoms with E-state index in [1.54, 1.807) is 0 Å². The standard InChI is InChI=1S/C15H24N2O/c1-15(16,12-18)14-9-5-6-10-17(14)11-13-7-3-2-4-8-13/h2-4,7-8,14,18H,5-6,9-12,16H2,1H3. The van der Waals surface area contributed by atoms with E-state index in [-0.39, 0.29) is 12.6 Å². The van der Waals surface area contributed by atoms with Crippen molar-refractivity contribution in [3.8, 4) is 0 Å². The van der Waals surface area contributed by atoms with Crippen LogP contribution in [0.5, 0.6) is 0 Å². The second-order valence-corrected chi connectivity index (χ2v) is 5.63. The summed E-state index contributed by atoms with van der Waals surface area (Å²) in [5.74, 6) is 0. The smallest absolute Gasteiger partial charge is 0.0623 e. The van der Waals surface area contributed by atoms with Crippen LogP contribution in [-0.2, 0) is 6.54 Å². The highest BCUT2D eigenvalue weighted by atomic mass is 16.3. The van der Waals surface area contributed by atoms with Crippen LogP contribution in [0.2, 0.25) is 0 Å². The monoisotopic (exact) mass is 248 g/mol. The van der Waals surface area contributed by atoms with Crippen LogP contribution in [0.25, 0.3) is 0 Å². The van der Waals surface area contributed by atoms with Gasteiger partial charge in [-0.2, -0.15) is 0 Å². The molecule has 1 saturated heterocycles. The Labute approximate surface area is 110 Å². The molecule has 1 fully saturated rings. The fourth-order valence-corrected chi connectivity index (χ4v) is 2.85. The Morgan fingerprint density at radius 3 is 2.72 bits per heavy atom. The number of aliphatic hydroxyl groups is 1. The molecule has 0 aliphatic carbocycles. The summed E-state index contributed by atoms with van der Waals surface area (Å²) in [6.07, 6.45) is 3.52. The molecule has 0 amide bonds. The lowest BCUT2D eigenvalue weighted by Crippen LogP contribution is -2.60. The van der Waals surface area contributed by atoms with Gasteiger partial charge in [-0.1, -0.05) is 36.8 Å². The van der Waals surface area contributed by atoms with Crippen molar-refractivity contribution in [1.82, 2.24) is 4.90 Å². The van der Waals surface area contributed by atoms with E-state index in [0.29, 0.717) is 0 Å². The van der Waals surface area contributed by atoms with E-state index >= 15 is 0 Å². The summed E-state index contributed by atoms with van der Waals surface area (Å²) in [6, 6.07) is 10.8. The molecule has 0 saturated carbocycles. The van der Waals surface area contributed by atoms with Crippen LogP contribution < -0.4 is 5.73 Å². The van der Waals surface area contributed by atoms with Crippen LogP contribution in [0.1, 0.15) is 31.7 Å². The molecule has 2 rings (SSSR count). The number of aliphatic hydroxyl groups excluding tert-OH is 1. The molecule has 0 bridgehead atoms. The summed E-state index contributed by atoms with van der Waals surface area (Å²) in [5, 5.41) is 9.48. The Bertz CT molecular complexity index is 364. The van der Waals surface area contributed by atoms with Crippen molar-refractivity contribution in [3.63, 3.8) is 0 Å². The fraction of sp³-hybridized carbons (Fsp3) is 0.600. The third kappa shape index (κ3) is 3.10. The molecule has 1 aromatic rings. The predicted molar refractivity (Wildman–Crippen MR) is 74.2 cm³/mol. The fourth-order valence-electron chi connectivity index (χ4n) is 2.85. The molecule has 1 aliphatic heterocycles. The number of likely N-dealkylation sites (tertiary alicyclic amines) is 1. The first-order valence-corrected chi connectivity index (χ1v) is 6.81. The topological polar surface area (TPSA) is 49.5 Å². The van der Waals surface area contributed by atoms with E-state index in [1.165, 1.54) is 18.4 Å². The number of nitrogens with zero attached hydrogens (tertiary/aromatic N) is 1. The van der Waals surface area contributed by atoms with Crippen molar-refractivity contribution in [1.29, 1.82) is 0 Å². The molecule has 2 unspecified atom stereocenters. The minimum absolute atomic E-state index is 0.0446. The molecule has 0 spiro atoms. The number of piperidine rings is 1. The van der Waals surface area contributed by atoms with Gasteiger partial charge in [-0.25, -0.2) is 0 Å². The average Bonchev–Trinajstić information content (AvgIpc) is 2.40. The van der Waals surface area contributed by atoms with Crippen molar-refractivity contribution >= 4 is 0 Å². The van der Waals surface area contributed by atoms with Crippen LogP contribution in [0.15, 0.2) is 30.3 Å². The van der Waals surface area contributed by atoms with Crippen LogP contribution in [0.3, 0.4) is 0 Å².